The molecule has 0 spiro atoms. The lowest BCUT2D eigenvalue weighted by molar-refractivity contribution is 0.607. The largest absolute Gasteiger partial charge is 0.360 e. The van der Waals surface area contributed by atoms with E-state index in [1.54, 1.807) is 11.3 Å². The number of aromatic nitrogens is 5. The van der Waals surface area contributed by atoms with Gasteiger partial charge >= 0.3 is 0 Å². The van der Waals surface area contributed by atoms with Crippen molar-refractivity contribution in [2.45, 2.75) is 26.3 Å². The molecule has 0 amide bonds. The van der Waals surface area contributed by atoms with E-state index in [0.29, 0.717) is 0 Å². The molecule has 0 aliphatic rings. The number of rotatable bonds is 7. The second-order valence-electron chi connectivity index (χ2n) is 6.07. The van der Waals surface area contributed by atoms with Gasteiger partial charge in [-0.3, -0.25) is 0 Å². The fourth-order valence-electron chi connectivity index (χ4n) is 2.77. The monoisotopic (exact) mass is 386 g/mol. The molecule has 4 rings (SSSR count). The summed E-state index contributed by atoms with van der Waals surface area (Å²) in [5.74, 6) is 1.07. The molecule has 0 bridgehead atoms. The maximum atomic E-state index is 5.94. The van der Waals surface area contributed by atoms with Crippen LogP contribution in [0, 0.1) is 6.92 Å². The van der Waals surface area contributed by atoms with Crippen molar-refractivity contribution < 1.29 is 0 Å². The van der Waals surface area contributed by atoms with Crippen LogP contribution in [-0.2, 0) is 6.54 Å². The van der Waals surface area contributed by atoms with Gasteiger partial charge in [-0.2, -0.15) is 0 Å². The smallest absolute Gasteiger partial charge is 0.214 e. The van der Waals surface area contributed by atoms with Gasteiger partial charge in [0.2, 0.25) is 10.1 Å². The van der Waals surface area contributed by atoms with Gasteiger partial charge in [-0.1, -0.05) is 35.1 Å². The van der Waals surface area contributed by atoms with Crippen LogP contribution in [-0.4, -0.2) is 30.7 Å². The standard InChI is InChI=1S/C18H19ClN6S/c1-13-20-9-11-24(13)10-3-2-8-21-17-23-25-12-16(22-18(25)26-17)14-4-6-15(19)7-5-14/h4-7,9,11-12H,2-3,8,10H2,1H3,(H,21,23). The Bertz CT molecular complexity index is 969. The number of fused-ring (bicyclic) bond motifs is 1. The van der Waals surface area contributed by atoms with E-state index in [0.717, 1.165) is 58.1 Å². The van der Waals surface area contributed by atoms with Crippen molar-refractivity contribution in [3.8, 4) is 11.3 Å². The van der Waals surface area contributed by atoms with Crippen molar-refractivity contribution in [3.63, 3.8) is 0 Å². The normalized spacial score (nSPS) is 11.3. The molecule has 1 aromatic carbocycles. The molecule has 0 saturated carbocycles. The number of nitrogens with one attached hydrogen (secondary N) is 1. The Morgan fingerprint density at radius 2 is 2.04 bits per heavy atom. The van der Waals surface area contributed by atoms with E-state index in [2.05, 4.69) is 25.0 Å². The highest BCUT2D eigenvalue weighted by atomic mass is 35.5. The summed E-state index contributed by atoms with van der Waals surface area (Å²) in [6.45, 7) is 3.93. The molecule has 3 aromatic heterocycles. The van der Waals surface area contributed by atoms with Gasteiger partial charge in [-0.25, -0.2) is 14.5 Å². The van der Waals surface area contributed by atoms with Gasteiger partial charge in [-0.15, -0.1) is 5.10 Å². The number of benzene rings is 1. The number of imidazole rings is 2. The SMILES string of the molecule is Cc1nccn1CCCCNc1nn2cc(-c3ccc(Cl)cc3)nc2s1. The Morgan fingerprint density at radius 1 is 1.19 bits per heavy atom. The number of unbranched alkanes of at least 4 members (excludes halogenated alkanes) is 1. The molecule has 0 aliphatic carbocycles. The third-order valence-electron chi connectivity index (χ3n) is 4.21. The van der Waals surface area contributed by atoms with Gasteiger partial charge in [-0.05, 0) is 31.9 Å². The molecular formula is C18H19ClN6S. The van der Waals surface area contributed by atoms with Gasteiger partial charge in [0.25, 0.3) is 0 Å². The number of nitrogens with zero attached hydrogens (tertiary/aromatic N) is 5. The van der Waals surface area contributed by atoms with Crippen molar-refractivity contribution in [1.82, 2.24) is 24.1 Å². The first-order chi connectivity index (χ1) is 12.7. The van der Waals surface area contributed by atoms with E-state index in [-0.39, 0.29) is 0 Å². The summed E-state index contributed by atoms with van der Waals surface area (Å²) in [6.07, 6.45) is 8.00. The van der Waals surface area contributed by atoms with E-state index in [9.17, 15) is 0 Å². The van der Waals surface area contributed by atoms with E-state index >= 15 is 0 Å². The molecule has 0 unspecified atom stereocenters. The summed E-state index contributed by atoms with van der Waals surface area (Å²) in [5, 5.41) is 9.57. The van der Waals surface area contributed by atoms with Crippen molar-refractivity contribution >= 4 is 33.0 Å². The molecule has 134 valence electrons. The summed E-state index contributed by atoms with van der Waals surface area (Å²) in [6, 6.07) is 7.68. The molecule has 0 saturated heterocycles. The number of aryl methyl sites for hydroxylation is 2. The molecule has 0 fully saturated rings. The second kappa shape index (κ2) is 7.47. The minimum atomic E-state index is 0.725. The Kier molecular flexibility index (Phi) is 4.90. The topological polar surface area (TPSA) is 60.0 Å². The lowest BCUT2D eigenvalue weighted by atomic mass is 10.2. The molecule has 1 N–H and O–H groups in total. The summed E-state index contributed by atoms with van der Waals surface area (Å²) in [7, 11) is 0. The Balaban J connectivity index is 1.31. The van der Waals surface area contributed by atoms with Gasteiger partial charge in [0.1, 0.15) is 5.82 Å². The van der Waals surface area contributed by atoms with E-state index in [4.69, 9.17) is 11.6 Å². The van der Waals surface area contributed by atoms with Crippen LogP contribution in [0.3, 0.4) is 0 Å². The van der Waals surface area contributed by atoms with Crippen LogP contribution >= 0.6 is 22.9 Å². The Morgan fingerprint density at radius 3 is 2.77 bits per heavy atom. The fourth-order valence-corrected chi connectivity index (χ4v) is 3.71. The van der Waals surface area contributed by atoms with Crippen LogP contribution in [0.15, 0.2) is 42.9 Å². The summed E-state index contributed by atoms with van der Waals surface area (Å²) < 4.78 is 4.00. The zero-order valence-corrected chi connectivity index (χ0v) is 16.0. The lowest BCUT2D eigenvalue weighted by Crippen LogP contribution is -2.05. The molecule has 4 aromatic rings. The summed E-state index contributed by atoms with van der Waals surface area (Å²) >= 11 is 7.50. The Hall–Kier alpha value is -2.38. The average molecular weight is 387 g/mol. The minimum absolute atomic E-state index is 0.725. The van der Waals surface area contributed by atoms with Crippen molar-refractivity contribution in [3.05, 3.63) is 53.7 Å². The molecule has 3 heterocycles. The first kappa shape index (κ1) is 17.1. The predicted octanol–water partition coefficient (Wildman–Crippen LogP) is 4.51. The molecule has 0 atom stereocenters. The van der Waals surface area contributed by atoms with Gasteiger partial charge < -0.3 is 9.88 Å². The quantitative estimate of drug-likeness (QED) is 0.475. The van der Waals surface area contributed by atoms with Crippen LogP contribution in [0.2, 0.25) is 5.02 Å². The Labute approximate surface area is 160 Å². The van der Waals surface area contributed by atoms with Crippen molar-refractivity contribution in [2.24, 2.45) is 0 Å². The highest BCUT2D eigenvalue weighted by Gasteiger charge is 2.09. The number of hydrogen-bond donors (Lipinski definition) is 1. The molecular weight excluding hydrogens is 368 g/mol. The second-order valence-corrected chi connectivity index (χ2v) is 7.46. The zero-order valence-electron chi connectivity index (χ0n) is 14.4. The van der Waals surface area contributed by atoms with Crippen LogP contribution in [0.25, 0.3) is 16.2 Å². The first-order valence-corrected chi connectivity index (χ1v) is 9.72. The van der Waals surface area contributed by atoms with Crippen LogP contribution in [0.4, 0.5) is 5.13 Å². The van der Waals surface area contributed by atoms with Crippen LogP contribution in [0.1, 0.15) is 18.7 Å². The maximum absolute atomic E-state index is 5.94. The first-order valence-electron chi connectivity index (χ1n) is 8.53. The minimum Gasteiger partial charge on any atom is -0.360 e. The summed E-state index contributed by atoms with van der Waals surface area (Å²) in [4.78, 5) is 9.77. The number of halogens is 1. The maximum Gasteiger partial charge on any atom is 0.214 e. The molecule has 8 heteroatoms. The van der Waals surface area contributed by atoms with Crippen molar-refractivity contribution in [2.75, 3.05) is 11.9 Å². The lowest BCUT2D eigenvalue weighted by Gasteiger charge is -2.05. The molecule has 0 radical (unpaired) electrons. The third kappa shape index (κ3) is 3.73. The summed E-state index contributed by atoms with van der Waals surface area (Å²) in [5.41, 5.74) is 1.94. The van der Waals surface area contributed by atoms with Gasteiger partial charge in [0.05, 0.1) is 11.9 Å². The van der Waals surface area contributed by atoms with Crippen LogP contribution < -0.4 is 5.32 Å². The van der Waals surface area contributed by atoms with Crippen LogP contribution in [0.5, 0.6) is 0 Å². The molecule has 26 heavy (non-hydrogen) atoms. The van der Waals surface area contributed by atoms with Gasteiger partial charge in [0.15, 0.2) is 0 Å². The van der Waals surface area contributed by atoms with E-state index in [1.807, 2.05) is 54.3 Å². The highest BCUT2D eigenvalue weighted by Crippen LogP contribution is 2.25. The van der Waals surface area contributed by atoms with E-state index < -0.39 is 0 Å². The molecule has 6 nitrogen and oxygen atoms in total. The number of anilines is 1. The fraction of sp³-hybridized carbons (Fsp3) is 0.278. The highest BCUT2D eigenvalue weighted by molar-refractivity contribution is 7.20. The average Bonchev–Trinajstić information content (AvgIpc) is 3.30. The van der Waals surface area contributed by atoms with Crippen molar-refractivity contribution in [1.29, 1.82) is 0 Å². The third-order valence-corrected chi connectivity index (χ3v) is 5.34. The van der Waals surface area contributed by atoms with Gasteiger partial charge in [0, 0.05) is 36.1 Å². The molecule has 0 aliphatic heterocycles. The predicted molar refractivity (Wildman–Crippen MR) is 106 cm³/mol. The van der Waals surface area contributed by atoms with E-state index in [1.165, 1.54) is 0 Å². The number of hydrogen-bond acceptors (Lipinski definition) is 5. The zero-order chi connectivity index (χ0) is 17.9.